The van der Waals surface area contributed by atoms with Crippen molar-refractivity contribution in [1.82, 2.24) is 4.98 Å². The number of hydrogen-bond acceptors (Lipinski definition) is 3. The Morgan fingerprint density at radius 3 is 2.55 bits per heavy atom. The van der Waals surface area contributed by atoms with Crippen LogP contribution in [0.5, 0.6) is 0 Å². The summed E-state index contributed by atoms with van der Waals surface area (Å²) in [5, 5.41) is 8.61. The van der Waals surface area contributed by atoms with Gasteiger partial charge in [0.15, 0.2) is 0 Å². The van der Waals surface area contributed by atoms with Crippen molar-refractivity contribution < 1.29 is 9.18 Å². The van der Waals surface area contributed by atoms with E-state index in [0.29, 0.717) is 18.5 Å². The maximum Gasteiger partial charge on any atom is 0.231 e. The lowest BCUT2D eigenvalue weighted by molar-refractivity contribution is -0.124. The smallest absolute Gasteiger partial charge is 0.231 e. The van der Waals surface area contributed by atoms with Gasteiger partial charge in [-0.05, 0) is 58.8 Å². The van der Waals surface area contributed by atoms with Crippen molar-refractivity contribution >= 4 is 44.6 Å². The van der Waals surface area contributed by atoms with Gasteiger partial charge in [0.1, 0.15) is 5.82 Å². The van der Waals surface area contributed by atoms with Crippen LogP contribution in [0.4, 0.5) is 10.1 Å². The second-order valence-electron chi connectivity index (χ2n) is 8.62. The van der Waals surface area contributed by atoms with Crippen LogP contribution in [0.3, 0.4) is 0 Å². The van der Waals surface area contributed by atoms with Gasteiger partial charge in [-0.2, -0.15) is 0 Å². The minimum atomic E-state index is -0.748. The first-order chi connectivity index (χ1) is 16.0. The average Bonchev–Trinajstić information content (AvgIpc) is 3.23. The maximum atomic E-state index is 13.8. The molecule has 0 bridgehead atoms. The number of halogens is 1. The van der Waals surface area contributed by atoms with Gasteiger partial charge >= 0.3 is 0 Å². The zero-order valence-electron chi connectivity index (χ0n) is 18.2. The van der Waals surface area contributed by atoms with E-state index in [1.165, 1.54) is 27.8 Å². The number of hydrogen-bond donors (Lipinski definition) is 1. The predicted molar refractivity (Wildman–Crippen MR) is 134 cm³/mol. The number of pyridine rings is 1. The van der Waals surface area contributed by atoms with Crippen LogP contribution in [-0.2, 0) is 17.6 Å². The summed E-state index contributed by atoms with van der Waals surface area (Å²) in [7, 11) is 0. The summed E-state index contributed by atoms with van der Waals surface area (Å²) in [6, 6.07) is 24.3. The third-order valence-corrected chi connectivity index (χ3v) is 7.10. The fourth-order valence-electron chi connectivity index (χ4n) is 4.30. The monoisotopic (exact) mass is 454 g/mol. The molecular weight excluding hydrogens is 431 g/mol. The van der Waals surface area contributed by atoms with Gasteiger partial charge in [0, 0.05) is 16.5 Å². The topological polar surface area (TPSA) is 42.0 Å². The molecule has 3 nitrogen and oxygen atoms in total. The third kappa shape index (κ3) is 4.37. The largest absolute Gasteiger partial charge is 0.324 e. The number of thiophene rings is 1. The average molecular weight is 455 g/mol. The Labute approximate surface area is 195 Å². The molecule has 0 spiro atoms. The second kappa shape index (κ2) is 8.75. The van der Waals surface area contributed by atoms with Crippen LogP contribution >= 0.6 is 11.3 Å². The highest BCUT2D eigenvalue weighted by Crippen LogP contribution is 2.36. The van der Waals surface area contributed by atoms with Gasteiger partial charge in [-0.15, -0.1) is 11.3 Å². The van der Waals surface area contributed by atoms with E-state index in [-0.39, 0.29) is 11.7 Å². The molecule has 1 atom stereocenters. The van der Waals surface area contributed by atoms with Crippen molar-refractivity contribution in [2.75, 3.05) is 5.32 Å². The van der Waals surface area contributed by atoms with E-state index in [4.69, 9.17) is 0 Å². The van der Waals surface area contributed by atoms with Crippen LogP contribution in [0.15, 0.2) is 90.4 Å². The summed E-state index contributed by atoms with van der Waals surface area (Å²) in [5.41, 5.74) is 1.63. The lowest BCUT2D eigenvalue weighted by Crippen LogP contribution is -2.37. The van der Waals surface area contributed by atoms with Crippen LogP contribution in [0.2, 0.25) is 0 Å². The van der Waals surface area contributed by atoms with E-state index in [1.807, 2.05) is 49.4 Å². The quantitative estimate of drug-likeness (QED) is 0.300. The molecule has 1 amide bonds. The van der Waals surface area contributed by atoms with Gasteiger partial charge < -0.3 is 5.32 Å². The number of benzene rings is 3. The number of para-hydroxylation sites is 1. The van der Waals surface area contributed by atoms with E-state index < -0.39 is 5.41 Å². The Bertz CT molecular complexity index is 1440. The summed E-state index contributed by atoms with van der Waals surface area (Å²) >= 11 is 1.68. The molecule has 0 aliphatic heterocycles. The Hall–Kier alpha value is -3.57. The van der Waals surface area contributed by atoms with Gasteiger partial charge in [0.25, 0.3) is 0 Å². The molecule has 164 valence electrons. The highest BCUT2D eigenvalue weighted by molar-refractivity contribution is 7.11. The van der Waals surface area contributed by atoms with E-state index >= 15 is 0 Å². The van der Waals surface area contributed by atoms with Crippen molar-refractivity contribution in [3.05, 3.63) is 107 Å². The van der Waals surface area contributed by atoms with Gasteiger partial charge in [0.2, 0.25) is 5.91 Å². The van der Waals surface area contributed by atoms with Crippen molar-refractivity contribution in [3.63, 3.8) is 0 Å². The molecule has 3 aromatic carbocycles. The number of carbonyl (C=O) groups excluding carboxylic acids is 1. The first-order valence-corrected chi connectivity index (χ1v) is 11.7. The number of carbonyl (C=O) groups is 1. The fourth-order valence-corrected chi connectivity index (χ4v) is 5.49. The molecule has 2 heterocycles. The van der Waals surface area contributed by atoms with Crippen molar-refractivity contribution in [1.29, 1.82) is 0 Å². The summed E-state index contributed by atoms with van der Waals surface area (Å²) in [6.07, 6.45) is 2.80. The molecule has 0 aliphatic rings. The highest BCUT2D eigenvalue weighted by atomic mass is 32.1. The molecular formula is C28H23FN2OS. The minimum Gasteiger partial charge on any atom is -0.324 e. The Kier molecular flexibility index (Phi) is 5.65. The lowest BCUT2D eigenvalue weighted by atomic mass is 9.78. The Morgan fingerprint density at radius 1 is 0.939 bits per heavy atom. The van der Waals surface area contributed by atoms with E-state index in [9.17, 15) is 9.18 Å². The predicted octanol–water partition coefficient (Wildman–Crippen LogP) is 7.02. The molecule has 0 saturated heterocycles. The molecule has 1 N–H and O–H groups in total. The van der Waals surface area contributed by atoms with Gasteiger partial charge in [-0.25, -0.2) is 4.39 Å². The second-order valence-corrected chi connectivity index (χ2v) is 9.59. The number of nitrogens with zero attached hydrogens (tertiary/aromatic N) is 1. The van der Waals surface area contributed by atoms with Crippen molar-refractivity contribution in [2.24, 2.45) is 5.41 Å². The summed E-state index contributed by atoms with van der Waals surface area (Å²) in [4.78, 5) is 19.4. The van der Waals surface area contributed by atoms with Crippen LogP contribution in [0, 0.1) is 11.2 Å². The number of anilines is 1. The summed E-state index contributed by atoms with van der Waals surface area (Å²) in [6.45, 7) is 1.98. The first kappa shape index (κ1) is 21.3. The molecule has 5 aromatic rings. The molecule has 2 aromatic heterocycles. The zero-order valence-corrected chi connectivity index (χ0v) is 19.0. The fraction of sp³-hybridized carbons (Fsp3) is 0.143. The molecule has 33 heavy (non-hydrogen) atoms. The number of amides is 1. The molecule has 5 rings (SSSR count). The van der Waals surface area contributed by atoms with Crippen LogP contribution in [0.25, 0.3) is 21.7 Å². The molecule has 0 aliphatic carbocycles. The van der Waals surface area contributed by atoms with Crippen molar-refractivity contribution in [2.45, 2.75) is 19.8 Å². The highest BCUT2D eigenvalue weighted by Gasteiger charge is 2.35. The van der Waals surface area contributed by atoms with Crippen LogP contribution in [-0.4, -0.2) is 10.9 Å². The number of nitrogens with one attached hydrogen (secondary N) is 1. The molecule has 0 fully saturated rings. The normalized spacial score (nSPS) is 13.2. The zero-order chi connectivity index (χ0) is 22.8. The first-order valence-electron chi connectivity index (χ1n) is 10.9. The van der Waals surface area contributed by atoms with Gasteiger partial charge in [0.05, 0.1) is 16.6 Å². The number of fused-ring (bicyclic) bond motifs is 2. The molecule has 1 unspecified atom stereocenters. The minimum absolute atomic E-state index is 0.0811. The van der Waals surface area contributed by atoms with Crippen LogP contribution < -0.4 is 5.32 Å². The molecule has 0 saturated carbocycles. The Balaban J connectivity index is 1.52. The molecule has 0 radical (unpaired) electrons. The summed E-state index contributed by atoms with van der Waals surface area (Å²) in [5.74, 6) is -0.363. The SMILES string of the molecule is CC(Cc1ccc(F)cc1)(Cc1scc2ccccc12)C(=O)Nc1cccc2cccnc12. The number of aromatic nitrogens is 1. The summed E-state index contributed by atoms with van der Waals surface area (Å²) < 4.78 is 13.5. The maximum absolute atomic E-state index is 13.8. The van der Waals surface area contributed by atoms with Gasteiger partial charge in [-0.3, -0.25) is 9.78 Å². The molecule has 5 heteroatoms. The van der Waals surface area contributed by atoms with Crippen molar-refractivity contribution in [3.8, 4) is 0 Å². The standard InChI is InChI=1S/C28H23FN2OS/c1-28(16-19-11-13-22(29)14-12-19,17-25-23-9-3-2-6-21(23)18-33-25)27(32)31-24-10-4-7-20-8-5-15-30-26(20)24/h2-15,18H,16-17H2,1H3,(H,31,32). The lowest BCUT2D eigenvalue weighted by Gasteiger charge is -2.29. The van der Waals surface area contributed by atoms with Crippen LogP contribution in [0.1, 0.15) is 17.4 Å². The van der Waals surface area contributed by atoms with E-state index in [1.54, 1.807) is 29.7 Å². The van der Waals surface area contributed by atoms with Gasteiger partial charge in [-0.1, -0.05) is 61.5 Å². The third-order valence-electron chi connectivity index (χ3n) is 6.08. The Morgan fingerprint density at radius 2 is 1.70 bits per heavy atom. The number of rotatable bonds is 6. The van der Waals surface area contributed by atoms with E-state index in [2.05, 4.69) is 27.8 Å². The van der Waals surface area contributed by atoms with E-state index in [0.717, 1.165) is 16.5 Å².